The number of thiol groups is 1. The number of amides is 1. The number of rotatable bonds is 13. The van der Waals surface area contributed by atoms with Crippen molar-refractivity contribution in [2.45, 2.75) is 83.1 Å². The lowest BCUT2D eigenvalue weighted by Gasteiger charge is -2.40. The Bertz CT molecular complexity index is 323. The number of carbonyl (C=O) groups is 1. The van der Waals surface area contributed by atoms with E-state index < -0.39 is 0 Å². The van der Waals surface area contributed by atoms with Gasteiger partial charge in [0.05, 0.1) is 6.04 Å². The standard InChI is InChI=1S/C18H37N3OS/c1-15(2)19-11-8-6-4-5-7-9-12-20-18(22)17-10-13-21(17)14-16(3)23/h15-17,19,23H,4-14H2,1-3H3,(H,20,22). The molecule has 1 amide bonds. The van der Waals surface area contributed by atoms with E-state index in [4.69, 9.17) is 0 Å². The fourth-order valence-corrected chi connectivity index (χ4v) is 3.18. The first kappa shape index (κ1) is 20.8. The van der Waals surface area contributed by atoms with Crippen LogP contribution in [0.15, 0.2) is 0 Å². The maximum atomic E-state index is 12.1. The Morgan fingerprint density at radius 2 is 1.70 bits per heavy atom. The molecule has 0 saturated carbocycles. The summed E-state index contributed by atoms with van der Waals surface area (Å²) >= 11 is 4.41. The average Bonchev–Trinajstić information content (AvgIpc) is 2.45. The molecule has 0 aliphatic carbocycles. The van der Waals surface area contributed by atoms with Crippen molar-refractivity contribution >= 4 is 18.5 Å². The van der Waals surface area contributed by atoms with Gasteiger partial charge in [0.15, 0.2) is 0 Å². The first-order valence-electron chi connectivity index (χ1n) is 9.44. The number of hydrogen-bond acceptors (Lipinski definition) is 4. The summed E-state index contributed by atoms with van der Waals surface area (Å²) in [6.45, 7) is 10.4. The Balaban J connectivity index is 1.90. The Labute approximate surface area is 148 Å². The van der Waals surface area contributed by atoms with Crippen molar-refractivity contribution < 1.29 is 4.79 Å². The molecule has 1 aliphatic heterocycles. The van der Waals surface area contributed by atoms with Crippen LogP contribution in [0.25, 0.3) is 0 Å². The highest BCUT2D eigenvalue weighted by molar-refractivity contribution is 7.80. The molecule has 2 atom stereocenters. The molecule has 1 aliphatic rings. The number of nitrogens with zero attached hydrogens (tertiary/aromatic N) is 1. The summed E-state index contributed by atoms with van der Waals surface area (Å²) in [5, 5.41) is 6.88. The van der Waals surface area contributed by atoms with Crippen LogP contribution in [-0.4, -0.2) is 54.3 Å². The van der Waals surface area contributed by atoms with Crippen LogP contribution in [0.1, 0.15) is 65.7 Å². The Hall–Kier alpha value is -0.260. The van der Waals surface area contributed by atoms with Gasteiger partial charge in [0.1, 0.15) is 0 Å². The summed E-state index contributed by atoms with van der Waals surface area (Å²) in [5.74, 6) is 0.213. The van der Waals surface area contributed by atoms with Crippen LogP contribution in [0, 0.1) is 0 Å². The summed E-state index contributed by atoms with van der Waals surface area (Å²) in [6, 6.07) is 0.694. The van der Waals surface area contributed by atoms with Crippen LogP contribution < -0.4 is 10.6 Å². The highest BCUT2D eigenvalue weighted by Gasteiger charge is 2.33. The van der Waals surface area contributed by atoms with Crippen molar-refractivity contribution in [1.29, 1.82) is 0 Å². The van der Waals surface area contributed by atoms with Gasteiger partial charge in [-0.2, -0.15) is 12.6 Å². The van der Waals surface area contributed by atoms with Crippen LogP contribution >= 0.6 is 12.6 Å². The van der Waals surface area contributed by atoms with Crippen molar-refractivity contribution in [3.63, 3.8) is 0 Å². The van der Waals surface area contributed by atoms with E-state index in [0.29, 0.717) is 11.3 Å². The molecule has 2 unspecified atom stereocenters. The van der Waals surface area contributed by atoms with E-state index in [0.717, 1.165) is 39.0 Å². The van der Waals surface area contributed by atoms with Gasteiger partial charge < -0.3 is 10.6 Å². The molecule has 1 saturated heterocycles. The minimum atomic E-state index is 0.0954. The molecule has 0 aromatic heterocycles. The monoisotopic (exact) mass is 343 g/mol. The third-order valence-corrected chi connectivity index (χ3v) is 4.55. The van der Waals surface area contributed by atoms with Crippen LogP contribution in [0.3, 0.4) is 0 Å². The van der Waals surface area contributed by atoms with Gasteiger partial charge in [-0.3, -0.25) is 9.69 Å². The topological polar surface area (TPSA) is 44.4 Å². The highest BCUT2D eigenvalue weighted by atomic mass is 32.1. The molecule has 1 fully saturated rings. The van der Waals surface area contributed by atoms with Gasteiger partial charge in [-0.1, -0.05) is 46.5 Å². The molecular weight excluding hydrogens is 306 g/mol. The van der Waals surface area contributed by atoms with E-state index >= 15 is 0 Å². The second-order valence-electron chi connectivity index (χ2n) is 7.17. The highest BCUT2D eigenvalue weighted by Crippen LogP contribution is 2.18. The summed E-state index contributed by atoms with van der Waals surface area (Å²) in [4.78, 5) is 14.3. The van der Waals surface area contributed by atoms with Crippen molar-refractivity contribution in [2.24, 2.45) is 0 Å². The van der Waals surface area contributed by atoms with E-state index in [2.05, 4.69) is 48.9 Å². The maximum Gasteiger partial charge on any atom is 0.237 e. The largest absolute Gasteiger partial charge is 0.355 e. The molecule has 0 spiro atoms. The number of nitrogens with one attached hydrogen (secondary N) is 2. The van der Waals surface area contributed by atoms with E-state index in [1.165, 1.54) is 32.1 Å². The maximum absolute atomic E-state index is 12.1. The molecule has 0 bridgehead atoms. The zero-order chi connectivity index (χ0) is 17.1. The second kappa shape index (κ2) is 12.2. The van der Waals surface area contributed by atoms with Crippen LogP contribution in [-0.2, 0) is 4.79 Å². The molecule has 0 aromatic rings. The number of hydrogen-bond donors (Lipinski definition) is 3. The molecule has 1 rings (SSSR count). The Morgan fingerprint density at radius 1 is 1.09 bits per heavy atom. The fraction of sp³-hybridized carbons (Fsp3) is 0.944. The Morgan fingerprint density at radius 3 is 2.22 bits per heavy atom. The third kappa shape index (κ3) is 9.58. The lowest BCUT2D eigenvalue weighted by molar-refractivity contribution is -0.130. The van der Waals surface area contributed by atoms with Gasteiger partial charge in [0, 0.05) is 30.9 Å². The van der Waals surface area contributed by atoms with E-state index in [1.807, 2.05) is 0 Å². The van der Waals surface area contributed by atoms with Crippen molar-refractivity contribution in [3.05, 3.63) is 0 Å². The van der Waals surface area contributed by atoms with Gasteiger partial charge in [0.25, 0.3) is 0 Å². The fourth-order valence-electron chi connectivity index (χ4n) is 2.97. The average molecular weight is 344 g/mol. The zero-order valence-corrected chi connectivity index (χ0v) is 16.2. The molecule has 0 radical (unpaired) electrons. The smallest absolute Gasteiger partial charge is 0.237 e. The first-order valence-corrected chi connectivity index (χ1v) is 9.95. The van der Waals surface area contributed by atoms with Crippen molar-refractivity contribution in [3.8, 4) is 0 Å². The van der Waals surface area contributed by atoms with E-state index in [1.54, 1.807) is 0 Å². The lowest BCUT2D eigenvalue weighted by atomic mass is 10.0. The summed E-state index contributed by atoms with van der Waals surface area (Å²) in [7, 11) is 0. The summed E-state index contributed by atoms with van der Waals surface area (Å²) < 4.78 is 0. The zero-order valence-electron chi connectivity index (χ0n) is 15.3. The van der Waals surface area contributed by atoms with Crippen LogP contribution in [0.5, 0.6) is 0 Å². The van der Waals surface area contributed by atoms with Gasteiger partial charge in [-0.15, -0.1) is 0 Å². The van der Waals surface area contributed by atoms with Gasteiger partial charge in [-0.25, -0.2) is 0 Å². The molecule has 2 N–H and O–H groups in total. The van der Waals surface area contributed by atoms with E-state index in [-0.39, 0.29) is 11.9 Å². The lowest BCUT2D eigenvalue weighted by Crippen LogP contribution is -2.57. The Kier molecular flexibility index (Phi) is 11.0. The molecule has 0 aromatic carbocycles. The van der Waals surface area contributed by atoms with Crippen LogP contribution in [0.4, 0.5) is 0 Å². The van der Waals surface area contributed by atoms with Gasteiger partial charge >= 0.3 is 0 Å². The number of likely N-dealkylation sites (tertiary alicyclic amines) is 1. The minimum absolute atomic E-state index is 0.0954. The molecule has 1 heterocycles. The molecular formula is C18H37N3OS. The quantitative estimate of drug-likeness (QED) is 0.356. The van der Waals surface area contributed by atoms with E-state index in [9.17, 15) is 4.79 Å². The SMILES string of the molecule is CC(S)CN1CCC1C(=O)NCCCCCCCCNC(C)C. The van der Waals surface area contributed by atoms with Crippen molar-refractivity contribution in [2.75, 3.05) is 26.2 Å². The summed E-state index contributed by atoms with van der Waals surface area (Å²) in [5.41, 5.74) is 0. The molecule has 136 valence electrons. The molecule has 4 nitrogen and oxygen atoms in total. The second-order valence-corrected chi connectivity index (χ2v) is 8.05. The normalized spacial score (nSPS) is 19.6. The van der Waals surface area contributed by atoms with Gasteiger partial charge in [-0.05, 0) is 25.8 Å². The predicted octanol–water partition coefficient (Wildman–Crippen LogP) is 2.83. The third-order valence-electron chi connectivity index (χ3n) is 4.39. The van der Waals surface area contributed by atoms with Crippen molar-refractivity contribution in [1.82, 2.24) is 15.5 Å². The summed E-state index contributed by atoms with van der Waals surface area (Å²) in [6.07, 6.45) is 8.50. The van der Waals surface area contributed by atoms with Gasteiger partial charge in [0.2, 0.25) is 5.91 Å². The first-order chi connectivity index (χ1) is 11.0. The minimum Gasteiger partial charge on any atom is -0.355 e. The number of carbonyl (C=O) groups excluding carboxylic acids is 1. The molecule has 23 heavy (non-hydrogen) atoms. The number of unbranched alkanes of at least 4 members (excludes halogenated alkanes) is 5. The van der Waals surface area contributed by atoms with Crippen LogP contribution in [0.2, 0.25) is 0 Å². The predicted molar refractivity (Wildman–Crippen MR) is 102 cm³/mol. The molecule has 5 heteroatoms.